The van der Waals surface area contributed by atoms with Gasteiger partial charge < -0.3 is 9.64 Å². The minimum atomic E-state index is -0.152. The molecule has 0 aliphatic heterocycles. The van der Waals surface area contributed by atoms with E-state index in [-0.39, 0.29) is 12.6 Å². The number of imidazole rings is 1. The van der Waals surface area contributed by atoms with Crippen molar-refractivity contribution in [1.29, 1.82) is 0 Å². The molecule has 0 aliphatic carbocycles. The van der Waals surface area contributed by atoms with Crippen molar-refractivity contribution in [2.24, 2.45) is 0 Å². The Hall–Kier alpha value is -1.73. The normalized spacial score (nSPS) is 10.2. The number of amides is 1. The zero-order valence-corrected chi connectivity index (χ0v) is 19.2. The minimum Gasteiger partial charge on any atom is -0.489 e. The van der Waals surface area contributed by atoms with Crippen molar-refractivity contribution in [2.45, 2.75) is 20.3 Å². The number of carbonyl (C=O) groups excluding carboxylic acids is 1. The quantitative estimate of drug-likeness (QED) is 0.401. The molecule has 3 rings (SSSR count). The van der Waals surface area contributed by atoms with Crippen LogP contribution in [0.2, 0.25) is 15.1 Å². The molecule has 0 aliphatic rings. The highest BCUT2D eigenvalue weighted by Crippen LogP contribution is 2.35. The van der Waals surface area contributed by atoms with E-state index in [1.807, 2.05) is 6.92 Å². The highest BCUT2D eigenvalue weighted by molar-refractivity contribution is 7.07. The van der Waals surface area contributed by atoms with Crippen LogP contribution in [-0.4, -0.2) is 40.2 Å². The van der Waals surface area contributed by atoms with E-state index in [9.17, 15) is 4.79 Å². The molecular weight excluding hydrogens is 453 g/mol. The molecule has 0 bridgehead atoms. The van der Waals surface area contributed by atoms with Crippen molar-refractivity contribution in [3.63, 3.8) is 0 Å². The highest BCUT2D eigenvalue weighted by Gasteiger charge is 2.15. The van der Waals surface area contributed by atoms with Gasteiger partial charge >= 0.3 is 6.03 Å². The summed E-state index contributed by atoms with van der Waals surface area (Å²) in [6.45, 7) is 5.38. The lowest BCUT2D eigenvalue weighted by atomic mass is 10.3. The maximum absolute atomic E-state index is 12.3. The summed E-state index contributed by atoms with van der Waals surface area (Å²) < 4.78 is 7.05. The summed E-state index contributed by atoms with van der Waals surface area (Å²) in [7, 11) is 0. The van der Waals surface area contributed by atoms with Crippen LogP contribution in [0.1, 0.15) is 18.9 Å². The summed E-state index contributed by atoms with van der Waals surface area (Å²) >= 11 is 19.7. The molecule has 5 nitrogen and oxygen atoms in total. The first kappa shape index (κ1) is 23.5. The van der Waals surface area contributed by atoms with Crippen LogP contribution < -0.4 is 4.74 Å². The molecule has 0 fully saturated rings. The largest absolute Gasteiger partial charge is 0.489 e. The fourth-order valence-electron chi connectivity index (χ4n) is 2.37. The number of aromatic nitrogens is 2. The molecule has 0 radical (unpaired) electrons. The second kappa shape index (κ2) is 12.1. The van der Waals surface area contributed by atoms with Crippen LogP contribution in [0.3, 0.4) is 0 Å². The van der Waals surface area contributed by atoms with Gasteiger partial charge in [-0.2, -0.15) is 11.3 Å². The van der Waals surface area contributed by atoms with Gasteiger partial charge in [0.1, 0.15) is 12.9 Å². The molecule has 156 valence electrons. The van der Waals surface area contributed by atoms with Gasteiger partial charge in [0.25, 0.3) is 0 Å². The minimum absolute atomic E-state index is 0.152. The van der Waals surface area contributed by atoms with Gasteiger partial charge in [0.05, 0.1) is 16.6 Å². The molecule has 2 heterocycles. The van der Waals surface area contributed by atoms with Crippen molar-refractivity contribution in [3.05, 3.63) is 68.3 Å². The molecule has 0 saturated heterocycles. The standard InChI is InChI=1S/C15H16Cl3N3O2.C5H6S/c1-2-4-20(15(22)21-5-3-19-10-21)6-7-23-14-12(17)8-11(16)9-13(14)18;1-5-2-3-6-4-5/h3,5,8-10H,2,4,6-7H2,1H3;2-4H,1H3. The Morgan fingerprint density at radius 2 is 1.97 bits per heavy atom. The van der Waals surface area contributed by atoms with E-state index in [2.05, 4.69) is 28.7 Å². The zero-order chi connectivity index (χ0) is 21.2. The summed E-state index contributed by atoms with van der Waals surface area (Å²) in [4.78, 5) is 17.9. The maximum Gasteiger partial charge on any atom is 0.329 e. The fourth-order valence-corrected chi connectivity index (χ4v) is 3.96. The molecule has 0 spiro atoms. The van der Waals surface area contributed by atoms with Gasteiger partial charge in [0, 0.05) is 24.0 Å². The van der Waals surface area contributed by atoms with E-state index in [4.69, 9.17) is 39.5 Å². The third-order valence-electron chi connectivity index (χ3n) is 3.72. The van der Waals surface area contributed by atoms with E-state index >= 15 is 0 Å². The lowest BCUT2D eigenvalue weighted by Gasteiger charge is -2.22. The van der Waals surface area contributed by atoms with Crippen LogP contribution in [0.25, 0.3) is 0 Å². The Morgan fingerprint density at radius 3 is 2.45 bits per heavy atom. The average Bonchev–Trinajstić information content (AvgIpc) is 3.36. The van der Waals surface area contributed by atoms with E-state index < -0.39 is 0 Å². The van der Waals surface area contributed by atoms with Crippen molar-refractivity contribution in [2.75, 3.05) is 19.7 Å². The number of aryl methyl sites for hydroxylation is 1. The molecule has 2 aromatic heterocycles. The number of thiophene rings is 1. The number of carbonyl (C=O) groups is 1. The van der Waals surface area contributed by atoms with Gasteiger partial charge in [-0.3, -0.25) is 4.57 Å². The Morgan fingerprint density at radius 1 is 1.24 bits per heavy atom. The topological polar surface area (TPSA) is 47.4 Å². The molecule has 0 unspecified atom stereocenters. The van der Waals surface area contributed by atoms with Crippen LogP contribution in [0.5, 0.6) is 5.75 Å². The molecule has 0 saturated carbocycles. The summed E-state index contributed by atoms with van der Waals surface area (Å²) in [6.07, 6.45) is 5.48. The first-order valence-electron chi connectivity index (χ1n) is 8.95. The number of nitrogens with zero attached hydrogens (tertiary/aromatic N) is 3. The zero-order valence-electron chi connectivity index (χ0n) is 16.1. The highest BCUT2D eigenvalue weighted by atomic mass is 35.5. The maximum atomic E-state index is 12.3. The number of hydrogen-bond donors (Lipinski definition) is 0. The smallest absolute Gasteiger partial charge is 0.329 e. The van der Waals surface area contributed by atoms with Crippen molar-refractivity contribution in [1.82, 2.24) is 14.5 Å². The Kier molecular flexibility index (Phi) is 9.81. The van der Waals surface area contributed by atoms with E-state index in [1.165, 1.54) is 16.5 Å². The predicted molar refractivity (Wildman–Crippen MR) is 121 cm³/mol. The summed E-state index contributed by atoms with van der Waals surface area (Å²) in [5.41, 5.74) is 1.36. The number of ether oxygens (including phenoxy) is 1. The van der Waals surface area contributed by atoms with Crippen LogP contribution in [0, 0.1) is 6.92 Å². The van der Waals surface area contributed by atoms with E-state index in [0.29, 0.717) is 33.9 Å². The summed E-state index contributed by atoms with van der Waals surface area (Å²) in [6, 6.07) is 5.07. The van der Waals surface area contributed by atoms with Gasteiger partial charge in [-0.25, -0.2) is 9.78 Å². The first-order chi connectivity index (χ1) is 13.9. The molecular formula is C20H22Cl3N3O2S. The second-order valence-electron chi connectivity index (χ2n) is 6.09. The fraction of sp³-hybridized carbons (Fsp3) is 0.300. The number of rotatable bonds is 6. The first-order valence-corrected chi connectivity index (χ1v) is 11.0. The van der Waals surface area contributed by atoms with E-state index in [1.54, 1.807) is 40.8 Å². The van der Waals surface area contributed by atoms with Crippen LogP contribution in [0.15, 0.2) is 47.7 Å². The molecule has 0 atom stereocenters. The van der Waals surface area contributed by atoms with Crippen molar-refractivity contribution < 1.29 is 9.53 Å². The second-order valence-corrected chi connectivity index (χ2v) is 8.12. The molecule has 1 aromatic carbocycles. The molecule has 1 amide bonds. The third-order valence-corrected chi connectivity index (χ3v) is 5.30. The van der Waals surface area contributed by atoms with Gasteiger partial charge in [0.2, 0.25) is 0 Å². The van der Waals surface area contributed by atoms with E-state index in [0.717, 1.165) is 6.42 Å². The summed E-state index contributed by atoms with van der Waals surface area (Å²) in [5, 5.41) is 5.32. The lowest BCUT2D eigenvalue weighted by molar-refractivity contribution is 0.184. The Bertz CT molecular complexity index is 864. The van der Waals surface area contributed by atoms with Crippen LogP contribution >= 0.6 is 46.1 Å². The average molecular weight is 475 g/mol. The molecule has 3 aromatic rings. The lowest BCUT2D eigenvalue weighted by Crippen LogP contribution is -2.37. The Labute approximate surface area is 189 Å². The molecule has 9 heteroatoms. The number of hydrogen-bond acceptors (Lipinski definition) is 4. The van der Waals surface area contributed by atoms with Gasteiger partial charge in [0.15, 0.2) is 5.75 Å². The number of benzene rings is 1. The Balaban J connectivity index is 0.000000426. The van der Waals surface area contributed by atoms with Crippen molar-refractivity contribution >= 4 is 52.2 Å². The van der Waals surface area contributed by atoms with Crippen molar-refractivity contribution in [3.8, 4) is 5.75 Å². The van der Waals surface area contributed by atoms with Crippen LogP contribution in [-0.2, 0) is 0 Å². The molecule has 0 N–H and O–H groups in total. The van der Waals surface area contributed by atoms with Gasteiger partial charge in [-0.05, 0) is 47.9 Å². The SMILES string of the molecule is CCCN(CCOc1c(Cl)cc(Cl)cc1Cl)C(=O)n1ccnc1.Cc1ccsc1. The van der Waals surface area contributed by atoms with Crippen LogP contribution in [0.4, 0.5) is 4.79 Å². The predicted octanol–water partition coefficient (Wildman–Crippen LogP) is 6.66. The third kappa shape index (κ3) is 7.55. The van der Waals surface area contributed by atoms with Gasteiger partial charge in [-0.15, -0.1) is 0 Å². The summed E-state index contributed by atoms with van der Waals surface area (Å²) in [5.74, 6) is 0.365. The van der Waals surface area contributed by atoms with Gasteiger partial charge in [-0.1, -0.05) is 41.7 Å². The molecule has 29 heavy (non-hydrogen) atoms. The number of halogens is 3. The monoisotopic (exact) mass is 473 g/mol.